The van der Waals surface area contributed by atoms with Crippen LogP contribution in [0, 0.1) is 24.1 Å². The number of benzene rings is 2. The van der Waals surface area contributed by atoms with Crippen LogP contribution >= 0.6 is 24.0 Å². The standard InChI is InChI=1S/C31H30FN5O3S2/c1-4-36-28(35-15-13-34(14-16-35)23-9-7-22(32)8-10-23)25(20(2)26(18-33)29(36)38)17-27-30(39)37(31(41)42-27)19-21-5-11-24(40-3)12-6-21/h5-12,17H,4,13-16,19H2,1-3H3/b27-17-. The topological polar surface area (TPSA) is 81.8 Å². The van der Waals surface area contributed by atoms with Crippen LogP contribution in [0.1, 0.15) is 29.2 Å². The molecule has 42 heavy (non-hydrogen) atoms. The summed E-state index contributed by atoms with van der Waals surface area (Å²) in [5.74, 6) is 0.902. The van der Waals surface area contributed by atoms with Crippen molar-refractivity contribution in [3.63, 3.8) is 0 Å². The fraction of sp³-hybridized carbons (Fsp3) is 0.290. The number of rotatable bonds is 7. The Morgan fingerprint density at radius 3 is 2.29 bits per heavy atom. The Kier molecular flexibility index (Phi) is 8.66. The zero-order valence-electron chi connectivity index (χ0n) is 23.6. The molecule has 5 rings (SSSR count). The van der Waals surface area contributed by atoms with E-state index in [-0.39, 0.29) is 22.8 Å². The van der Waals surface area contributed by atoms with Gasteiger partial charge in [0, 0.05) is 44.0 Å². The Balaban J connectivity index is 1.49. The molecule has 8 nitrogen and oxygen atoms in total. The quantitative estimate of drug-likeness (QED) is 0.278. The van der Waals surface area contributed by atoms with Crippen LogP contribution in [0.4, 0.5) is 15.9 Å². The predicted octanol–water partition coefficient (Wildman–Crippen LogP) is 4.92. The monoisotopic (exact) mass is 603 g/mol. The third-order valence-electron chi connectivity index (χ3n) is 7.58. The van der Waals surface area contributed by atoms with Crippen molar-refractivity contribution in [1.29, 1.82) is 5.26 Å². The number of thiocarbonyl (C=S) groups is 1. The van der Waals surface area contributed by atoms with E-state index < -0.39 is 0 Å². The first-order valence-corrected chi connectivity index (χ1v) is 14.8. The highest BCUT2D eigenvalue weighted by atomic mass is 32.2. The maximum absolute atomic E-state index is 13.6. The number of halogens is 1. The number of aromatic nitrogens is 1. The first-order valence-electron chi connectivity index (χ1n) is 13.6. The minimum atomic E-state index is -0.349. The van der Waals surface area contributed by atoms with E-state index in [0.29, 0.717) is 65.4 Å². The molecule has 2 saturated heterocycles. The summed E-state index contributed by atoms with van der Waals surface area (Å²) in [5.41, 5.74) is 2.75. The van der Waals surface area contributed by atoms with Gasteiger partial charge in [0.15, 0.2) is 0 Å². The number of hydrogen-bond donors (Lipinski definition) is 0. The number of piperazine rings is 1. The fourth-order valence-electron chi connectivity index (χ4n) is 5.29. The number of thioether (sulfide) groups is 1. The van der Waals surface area contributed by atoms with Gasteiger partial charge in [0.1, 0.15) is 33.3 Å². The van der Waals surface area contributed by atoms with Crippen LogP contribution in [0.15, 0.2) is 58.2 Å². The van der Waals surface area contributed by atoms with Gasteiger partial charge in [-0.15, -0.1) is 0 Å². The largest absolute Gasteiger partial charge is 0.497 e. The van der Waals surface area contributed by atoms with Crippen molar-refractivity contribution in [3.8, 4) is 11.8 Å². The highest BCUT2D eigenvalue weighted by Crippen LogP contribution is 2.37. The third kappa shape index (κ3) is 5.65. The summed E-state index contributed by atoms with van der Waals surface area (Å²) in [6.07, 6.45) is 1.77. The highest BCUT2D eigenvalue weighted by Gasteiger charge is 2.34. The van der Waals surface area contributed by atoms with Crippen LogP contribution in [0.3, 0.4) is 0 Å². The van der Waals surface area contributed by atoms with Gasteiger partial charge in [-0.2, -0.15) is 5.26 Å². The number of nitriles is 1. The second-order valence-electron chi connectivity index (χ2n) is 9.96. The number of ether oxygens (including phenoxy) is 1. The van der Waals surface area contributed by atoms with Gasteiger partial charge in [-0.25, -0.2) is 4.39 Å². The summed E-state index contributed by atoms with van der Waals surface area (Å²) in [4.78, 5) is 33.3. The number of nitrogens with zero attached hydrogens (tertiary/aromatic N) is 5. The molecular weight excluding hydrogens is 574 g/mol. The maximum Gasteiger partial charge on any atom is 0.270 e. The third-order valence-corrected chi connectivity index (χ3v) is 8.96. The molecule has 1 aromatic heterocycles. The number of methoxy groups -OCH3 is 1. The van der Waals surface area contributed by atoms with Crippen LogP contribution in [-0.4, -0.2) is 53.0 Å². The van der Waals surface area contributed by atoms with Gasteiger partial charge in [-0.3, -0.25) is 19.1 Å². The number of anilines is 2. The predicted molar refractivity (Wildman–Crippen MR) is 168 cm³/mol. The highest BCUT2D eigenvalue weighted by molar-refractivity contribution is 8.26. The van der Waals surface area contributed by atoms with E-state index in [4.69, 9.17) is 17.0 Å². The summed E-state index contributed by atoms with van der Waals surface area (Å²) in [6, 6.07) is 16.0. The Hall–Kier alpha value is -4.14. The molecule has 2 aromatic carbocycles. The van der Waals surface area contributed by atoms with E-state index in [1.165, 1.54) is 23.9 Å². The Morgan fingerprint density at radius 2 is 1.69 bits per heavy atom. The molecule has 2 aliphatic rings. The minimum absolute atomic E-state index is 0.0607. The van der Waals surface area contributed by atoms with Crippen molar-refractivity contribution < 1.29 is 13.9 Å². The van der Waals surface area contributed by atoms with Crippen molar-refractivity contribution in [2.75, 3.05) is 43.1 Å². The Morgan fingerprint density at radius 1 is 1.05 bits per heavy atom. The molecule has 0 saturated carbocycles. The van der Waals surface area contributed by atoms with E-state index in [1.54, 1.807) is 41.7 Å². The van der Waals surface area contributed by atoms with Crippen molar-refractivity contribution in [2.24, 2.45) is 0 Å². The first kappa shape index (κ1) is 29.4. The normalized spacial score (nSPS) is 16.4. The zero-order chi connectivity index (χ0) is 30.0. The van der Waals surface area contributed by atoms with Gasteiger partial charge < -0.3 is 14.5 Å². The van der Waals surface area contributed by atoms with E-state index in [2.05, 4.69) is 15.9 Å². The lowest BCUT2D eigenvalue weighted by molar-refractivity contribution is -0.122. The number of amides is 1. The van der Waals surface area contributed by atoms with Gasteiger partial charge >= 0.3 is 0 Å². The number of carbonyl (C=O) groups is 1. The minimum Gasteiger partial charge on any atom is -0.497 e. The van der Waals surface area contributed by atoms with Crippen molar-refractivity contribution in [1.82, 2.24) is 9.47 Å². The summed E-state index contributed by atoms with van der Waals surface area (Å²) in [7, 11) is 1.60. The van der Waals surface area contributed by atoms with E-state index in [0.717, 1.165) is 17.0 Å². The molecular formula is C31H30FN5O3S2. The zero-order valence-corrected chi connectivity index (χ0v) is 25.2. The summed E-state index contributed by atoms with van der Waals surface area (Å²) < 4.78 is 20.7. The fourth-order valence-corrected chi connectivity index (χ4v) is 6.52. The maximum atomic E-state index is 13.6. The van der Waals surface area contributed by atoms with Crippen LogP contribution in [0.2, 0.25) is 0 Å². The molecule has 0 radical (unpaired) electrons. The molecule has 3 heterocycles. The van der Waals surface area contributed by atoms with Crippen LogP contribution in [0.5, 0.6) is 5.75 Å². The lowest BCUT2D eigenvalue weighted by Crippen LogP contribution is -2.48. The molecule has 0 unspecified atom stereocenters. The Labute approximate surface area is 253 Å². The van der Waals surface area contributed by atoms with Gasteiger partial charge in [0.25, 0.3) is 11.5 Å². The molecule has 0 atom stereocenters. The number of carbonyl (C=O) groups excluding carboxylic acids is 1. The van der Waals surface area contributed by atoms with Crippen molar-refractivity contribution in [2.45, 2.75) is 26.9 Å². The molecule has 0 bridgehead atoms. The molecule has 11 heteroatoms. The Bertz CT molecular complexity index is 1650. The van der Waals surface area contributed by atoms with Crippen LogP contribution < -0.4 is 20.1 Å². The molecule has 2 aliphatic heterocycles. The molecule has 0 aliphatic carbocycles. The average Bonchev–Trinajstić information content (AvgIpc) is 3.26. The van der Waals surface area contributed by atoms with Gasteiger partial charge in [-0.1, -0.05) is 36.1 Å². The van der Waals surface area contributed by atoms with Crippen molar-refractivity contribution >= 4 is 51.8 Å². The molecule has 1 amide bonds. The van der Waals surface area contributed by atoms with Gasteiger partial charge in [-0.05, 0) is 67.4 Å². The van der Waals surface area contributed by atoms with E-state index in [9.17, 15) is 19.2 Å². The molecule has 3 aromatic rings. The summed E-state index contributed by atoms with van der Waals surface area (Å²) >= 11 is 6.80. The number of hydrogen-bond acceptors (Lipinski definition) is 8. The molecule has 2 fully saturated rings. The molecule has 0 spiro atoms. The SMILES string of the molecule is CCn1c(N2CCN(c3ccc(F)cc3)CC2)c(/C=C2\SC(=S)N(Cc3ccc(OC)cc3)C2=O)c(C)c(C#N)c1=O. The van der Waals surface area contributed by atoms with E-state index in [1.807, 2.05) is 31.2 Å². The number of pyridine rings is 1. The average molecular weight is 604 g/mol. The van der Waals surface area contributed by atoms with Crippen LogP contribution in [-0.2, 0) is 17.9 Å². The summed E-state index contributed by atoms with van der Waals surface area (Å²) in [6.45, 7) is 6.82. The van der Waals surface area contributed by atoms with E-state index >= 15 is 0 Å². The lowest BCUT2D eigenvalue weighted by Gasteiger charge is -2.39. The summed E-state index contributed by atoms with van der Waals surface area (Å²) in [5, 5.41) is 9.88. The molecule has 216 valence electrons. The second-order valence-corrected chi connectivity index (χ2v) is 11.6. The lowest BCUT2D eigenvalue weighted by atomic mass is 10.0. The smallest absolute Gasteiger partial charge is 0.270 e. The van der Waals surface area contributed by atoms with Gasteiger partial charge in [0.2, 0.25) is 0 Å². The van der Waals surface area contributed by atoms with Crippen LogP contribution in [0.25, 0.3) is 6.08 Å². The molecule has 0 N–H and O–H groups in total. The van der Waals surface area contributed by atoms with Crippen molar-refractivity contribution in [3.05, 3.63) is 91.9 Å². The first-order chi connectivity index (χ1) is 20.2. The van der Waals surface area contributed by atoms with Gasteiger partial charge in [0.05, 0.1) is 18.6 Å². The second kappa shape index (κ2) is 12.4.